The fourth-order valence-electron chi connectivity index (χ4n) is 0.756. The Morgan fingerprint density at radius 1 is 1.73 bits per heavy atom. The van der Waals surface area contributed by atoms with E-state index in [0.717, 1.165) is 0 Å². The van der Waals surface area contributed by atoms with Crippen molar-refractivity contribution < 1.29 is 14.6 Å². The second-order valence-electron chi connectivity index (χ2n) is 2.43. The molecule has 0 aliphatic carbocycles. The van der Waals surface area contributed by atoms with Crippen molar-refractivity contribution in [3.05, 3.63) is 0 Å². The monoisotopic (exact) mass is 162 g/mol. The van der Waals surface area contributed by atoms with Crippen molar-refractivity contribution in [1.82, 2.24) is 0 Å². The highest BCUT2D eigenvalue weighted by Gasteiger charge is 2.32. The molecule has 11 heavy (non-hydrogen) atoms. The molecule has 5 nitrogen and oxygen atoms in total. The molecule has 5 N–H and O–H groups in total. The number of rotatable bonds is 5. The molecule has 0 saturated carbocycles. The maximum absolute atomic E-state index is 10.5. The van der Waals surface area contributed by atoms with E-state index in [2.05, 4.69) is 4.74 Å². The molecule has 0 heterocycles. The summed E-state index contributed by atoms with van der Waals surface area (Å²) < 4.78 is 4.66. The third kappa shape index (κ3) is 2.83. The van der Waals surface area contributed by atoms with Crippen LogP contribution in [0.1, 0.15) is 6.42 Å². The molecule has 0 saturated heterocycles. The molecule has 0 aromatic rings. The molecule has 0 fully saturated rings. The molecule has 0 aliphatic rings. The molecular weight excluding hydrogens is 148 g/mol. The van der Waals surface area contributed by atoms with E-state index in [1.54, 1.807) is 0 Å². The van der Waals surface area contributed by atoms with Gasteiger partial charge in [-0.2, -0.15) is 0 Å². The number of aliphatic carboxylic acids is 1. The predicted molar refractivity (Wildman–Crippen MR) is 40.1 cm³/mol. The van der Waals surface area contributed by atoms with Crippen molar-refractivity contribution in [3.63, 3.8) is 0 Å². The van der Waals surface area contributed by atoms with Crippen LogP contribution >= 0.6 is 0 Å². The van der Waals surface area contributed by atoms with Crippen LogP contribution in [-0.4, -0.2) is 36.9 Å². The second-order valence-corrected chi connectivity index (χ2v) is 2.43. The average Bonchev–Trinajstić information content (AvgIpc) is 1.88. The molecule has 0 aliphatic heterocycles. The summed E-state index contributed by atoms with van der Waals surface area (Å²) in [4.78, 5) is 10.5. The number of carbonyl (C=O) groups is 1. The van der Waals surface area contributed by atoms with Crippen LogP contribution in [0, 0.1) is 0 Å². The number of carboxylic acid groups (broad SMARTS) is 1. The van der Waals surface area contributed by atoms with Crippen LogP contribution in [-0.2, 0) is 9.53 Å². The molecule has 0 aromatic heterocycles. The van der Waals surface area contributed by atoms with E-state index in [4.69, 9.17) is 16.6 Å². The average molecular weight is 162 g/mol. The first kappa shape index (κ1) is 10.3. The Morgan fingerprint density at radius 3 is 2.55 bits per heavy atom. The van der Waals surface area contributed by atoms with Gasteiger partial charge in [0.1, 0.15) is 5.54 Å². The number of nitrogens with two attached hydrogens (primary N) is 2. The summed E-state index contributed by atoms with van der Waals surface area (Å²) in [6, 6.07) is 0. The van der Waals surface area contributed by atoms with Crippen molar-refractivity contribution in [1.29, 1.82) is 0 Å². The van der Waals surface area contributed by atoms with Crippen LogP contribution in [0.4, 0.5) is 0 Å². The molecule has 0 aromatic carbocycles. The molecule has 5 heteroatoms. The van der Waals surface area contributed by atoms with E-state index >= 15 is 0 Å². The lowest BCUT2D eigenvalue weighted by molar-refractivity contribution is -0.145. The maximum Gasteiger partial charge on any atom is 0.326 e. The fourth-order valence-corrected chi connectivity index (χ4v) is 0.756. The quantitative estimate of drug-likeness (QED) is 0.470. The Bertz CT molecular complexity index is 132. The van der Waals surface area contributed by atoms with Crippen LogP contribution in [0.5, 0.6) is 0 Å². The Morgan fingerprint density at radius 2 is 2.27 bits per heavy atom. The lowest BCUT2D eigenvalue weighted by Gasteiger charge is -2.22. The van der Waals surface area contributed by atoms with Gasteiger partial charge in [-0.05, 0) is 13.0 Å². The summed E-state index contributed by atoms with van der Waals surface area (Å²) in [7, 11) is 1.40. The van der Waals surface area contributed by atoms with Gasteiger partial charge in [0.2, 0.25) is 0 Å². The van der Waals surface area contributed by atoms with E-state index in [1.807, 2.05) is 0 Å². The third-order valence-corrected chi connectivity index (χ3v) is 1.42. The molecule has 0 radical (unpaired) electrons. The molecular formula is C6H14N2O3. The minimum absolute atomic E-state index is 0.0144. The first-order valence-electron chi connectivity index (χ1n) is 3.28. The number of carboxylic acids is 1. The lowest BCUT2D eigenvalue weighted by Crippen LogP contribution is -2.53. The van der Waals surface area contributed by atoms with Gasteiger partial charge in [-0.15, -0.1) is 0 Å². The summed E-state index contributed by atoms with van der Waals surface area (Å²) in [5, 5.41) is 8.63. The first-order chi connectivity index (χ1) is 5.06. The Kier molecular flexibility index (Phi) is 4.02. The van der Waals surface area contributed by atoms with E-state index in [-0.39, 0.29) is 19.6 Å². The Hall–Kier alpha value is -0.650. The zero-order valence-electron chi connectivity index (χ0n) is 6.54. The van der Waals surface area contributed by atoms with E-state index in [9.17, 15) is 4.79 Å². The van der Waals surface area contributed by atoms with Gasteiger partial charge in [-0.25, -0.2) is 0 Å². The summed E-state index contributed by atoms with van der Waals surface area (Å²) in [5.74, 6) is -1.08. The predicted octanol–water partition coefficient (Wildman–Crippen LogP) is -1.24. The van der Waals surface area contributed by atoms with Crippen molar-refractivity contribution >= 4 is 5.97 Å². The van der Waals surface area contributed by atoms with Gasteiger partial charge >= 0.3 is 5.97 Å². The van der Waals surface area contributed by atoms with Gasteiger partial charge < -0.3 is 21.3 Å². The normalized spacial score (nSPS) is 15.9. The minimum Gasteiger partial charge on any atom is -0.480 e. The van der Waals surface area contributed by atoms with E-state index < -0.39 is 11.5 Å². The lowest BCUT2D eigenvalue weighted by atomic mass is 9.98. The SMILES string of the molecule is COCC(N)(CCN)C(=O)O. The molecule has 66 valence electrons. The van der Waals surface area contributed by atoms with E-state index in [1.165, 1.54) is 7.11 Å². The fraction of sp³-hybridized carbons (Fsp3) is 0.833. The van der Waals surface area contributed by atoms with Crippen molar-refractivity contribution in [3.8, 4) is 0 Å². The number of hydrogen-bond donors (Lipinski definition) is 3. The zero-order chi connectivity index (χ0) is 8.91. The Labute approximate surface area is 65.3 Å². The molecule has 0 amide bonds. The standard InChI is InChI=1S/C6H14N2O3/c1-11-4-6(8,2-3-7)5(9)10/h2-4,7-8H2,1H3,(H,9,10). The molecule has 0 rings (SSSR count). The second kappa shape index (κ2) is 4.27. The van der Waals surface area contributed by atoms with Crippen LogP contribution < -0.4 is 11.5 Å². The summed E-state index contributed by atoms with van der Waals surface area (Å²) in [6.45, 7) is 0.228. The zero-order valence-corrected chi connectivity index (χ0v) is 6.54. The molecule has 0 spiro atoms. The third-order valence-electron chi connectivity index (χ3n) is 1.42. The van der Waals surface area contributed by atoms with Gasteiger partial charge in [0, 0.05) is 7.11 Å². The molecule has 0 bridgehead atoms. The maximum atomic E-state index is 10.5. The van der Waals surface area contributed by atoms with Crippen molar-refractivity contribution in [2.24, 2.45) is 11.5 Å². The summed E-state index contributed by atoms with van der Waals surface area (Å²) >= 11 is 0. The minimum atomic E-state index is -1.33. The topological polar surface area (TPSA) is 98.6 Å². The Balaban J connectivity index is 4.13. The molecule has 1 atom stereocenters. The molecule has 1 unspecified atom stereocenters. The van der Waals surface area contributed by atoms with E-state index in [0.29, 0.717) is 0 Å². The summed E-state index contributed by atoms with van der Waals surface area (Å²) in [5.41, 5.74) is 9.31. The van der Waals surface area contributed by atoms with Crippen LogP contribution in [0.3, 0.4) is 0 Å². The van der Waals surface area contributed by atoms with Crippen LogP contribution in [0.2, 0.25) is 0 Å². The highest BCUT2D eigenvalue weighted by Crippen LogP contribution is 2.05. The highest BCUT2D eigenvalue weighted by atomic mass is 16.5. The van der Waals surface area contributed by atoms with Gasteiger partial charge in [0.25, 0.3) is 0 Å². The van der Waals surface area contributed by atoms with Crippen molar-refractivity contribution in [2.75, 3.05) is 20.3 Å². The van der Waals surface area contributed by atoms with Gasteiger partial charge in [-0.3, -0.25) is 4.79 Å². The largest absolute Gasteiger partial charge is 0.480 e. The summed E-state index contributed by atoms with van der Waals surface area (Å²) in [6.07, 6.45) is 0.218. The number of ether oxygens (including phenoxy) is 1. The highest BCUT2D eigenvalue weighted by molar-refractivity contribution is 5.78. The number of methoxy groups -OCH3 is 1. The first-order valence-corrected chi connectivity index (χ1v) is 3.28. The van der Waals surface area contributed by atoms with Crippen LogP contribution in [0.25, 0.3) is 0 Å². The van der Waals surface area contributed by atoms with Gasteiger partial charge in [0.05, 0.1) is 6.61 Å². The van der Waals surface area contributed by atoms with Gasteiger partial charge in [0.15, 0.2) is 0 Å². The smallest absolute Gasteiger partial charge is 0.326 e. The van der Waals surface area contributed by atoms with Crippen LogP contribution in [0.15, 0.2) is 0 Å². The van der Waals surface area contributed by atoms with Gasteiger partial charge in [-0.1, -0.05) is 0 Å². The van der Waals surface area contributed by atoms with Crippen molar-refractivity contribution in [2.45, 2.75) is 12.0 Å². The number of hydrogen-bond acceptors (Lipinski definition) is 4.